The van der Waals surface area contributed by atoms with Gasteiger partial charge in [0.15, 0.2) is 0 Å². The zero-order valence-electron chi connectivity index (χ0n) is 19.9. The average Bonchev–Trinajstić information content (AvgIpc) is 3.38. The standard InChI is InChI=1S/C25H29N7O2S/c1-27-24(34)23-22(26)15-10-11-17(30-25(15)35-23)19-9-5-6-12-32(19)14-21(33)28-13-20-29-16-7-3-4-8-18(16)31(20)2/h3-4,7-8,10-11,19H,5-6,9,12-14,26H2,1-2H3,(H,27,34)(H,28,33)/t19-/m0/s1. The van der Waals surface area contributed by atoms with Gasteiger partial charge in [0, 0.05) is 19.5 Å². The molecule has 0 bridgehead atoms. The monoisotopic (exact) mass is 491 g/mol. The van der Waals surface area contributed by atoms with Crippen LogP contribution in [-0.4, -0.2) is 51.4 Å². The van der Waals surface area contributed by atoms with Crippen LogP contribution < -0.4 is 16.4 Å². The number of nitrogens with two attached hydrogens (primary N) is 1. The molecule has 4 aromatic rings. The van der Waals surface area contributed by atoms with E-state index in [1.54, 1.807) is 7.05 Å². The number of nitrogen functional groups attached to an aromatic ring is 1. The van der Waals surface area contributed by atoms with Gasteiger partial charge in [0.2, 0.25) is 5.91 Å². The Balaban J connectivity index is 1.30. The van der Waals surface area contributed by atoms with Crippen LogP contribution in [0.1, 0.15) is 46.5 Å². The second-order valence-corrected chi connectivity index (χ2v) is 9.85. The summed E-state index contributed by atoms with van der Waals surface area (Å²) in [7, 11) is 3.55. The van der Waals surface area contributed by atoms with Crippen LogP contribution in [0.3, 0.4) is 0 Å². The molecule has 0 unspecified atom stereocenters. The van der Waals surface area contributed by atoms with Crippen LogP contribution in [0.2, 0.25) is 0 Å². The van der Waals surface area contributed by atoms with Crippen molar-refractivity contribution in [1.82, 2.24) is 30.1 Å². The number of nitrogens with one attached hydrogen (secondary N) is 2. The Kier molecular flexibility index (Phi) is 6.40. The third kappa shape index (κ3) is 4.46. The number of imidazole rings is 1. The first kappa shape index (κ1) is 23.3. The number of nitrogens with zero attached hydrogens (tertiary/aromatic N) is 4. The smallest absolute Gasteiger partial charge is 0.263 e. The number of hydrogen-bond donors (Lipinski definition) is 3. The molecule has 0 spiro atoms. The number of aromatic nitrogens is 3. The number of amides is 2. The number of benzene rings is 1. The maximum atomic E-state index is 12.9. The average molecular weight is 492 g/mol. The number of hydrogen-bond acceptors (Lipinski definition) is 7. The Morgan fingerprint density at radius 3 is 2.80 bits per heavy atom. The second-order valence-electron chi connectivity index (χ2n) is 8.85. The van der Waals surface area contributed by atoms with E-state index >= 15 is 0 Å². The molecule has 0 saturated carbocycles. The lowest BCUT2D eigenvalue weighted by Gasteiger charge is -2.34. The van der Waals surface area contributed by atoms with Gasteiger partial charge in [-0.05, 0) is 43.7 Å². The number of fused-ring (bicyclic) bond motifs is 2. The quantitative estimate of drug-likeness (QED) is 0.382. The zero-order chi connectivity index (χ0) is 24.5. The molecule has 1 aliphatic rings. The van der Waals surface area contributed by atoms with Crippen LogP contribution in [0.4, 0.5) is 5.69 Å². The number of rotatable bonds is 6. The van der Waals surface area contributed by atoms with Gasteiger partial charge in [-0.3, -0.25) is 14.5 Å². The Morgan fingerprint density at radius 2 is 2.00 bits per heavy atom. The van der Waals surface area contributed by atoms with Gasteiger partial charge in [0.05, 0.1) is 41.5 Å². The van der Waals surface area contributed by atoms with Crippen molar-refractivity contribution >= 4 is 50.1 Å². The molecule has 1 atom stereocenters. The lowest BCUT2D eigenvalue weighted by Crippen LogP contribution is -2.41. The third-order valence-corrected chi connectivity index (χ3v) is 7.79. The maximum Gasteiger partial charge on any atom is 0.263 e. The van der Waals surface area contributed by atoms with Crippen molar-refractivity contribution in [2.45, 2.75) is 31.8 Å². The van der Waals surface area contributed by atoms with E-state index in [0.717, 1.165) is 58.6 Å². The molecule has 9 nitrogen and oxygen atoms in total. The molecule has 5 rings (SSSR count). The predicted octanol–water partition coefficient (Wildman–Crippen LogP) is 2.97. The van der Waals surface area contributed by atoms with Gasteiger partial charge in [0.1, 0.15) is 15.5 Å². The Hall–Kier alpha value is -3.50. The minimum atomic E-state index is -0.205. The molecule has 2 amide bonds. The van der Waals surface area contributed by atoms with E-state index < -0.39 is 0 Å². The zero-order valence-corrected chi connectivity index (χ0v) is 20.7. The minimum Gasteiger partial charge on any atom is -0.397 e. The highest BCUT2D eigenvalue weighted by Crippen LogP contribution is 2.36. The van der Waals surface area contributed by atoms with Crippen molar-refractivity contribution in [3.05, 3.63) is 52.8 Å². The van der Waals surface area contributed by atoms with Crippen molar-refractivity contribution in [3.8, 4) is 0 Å². The molecule has 1 saturated heterocycles. The summed E-state index contributed by atoms with van der Waals surface area (Å²) in [5, 5.41) is 6.46. The summed E-state index contributed by atoms with van der Waals surface area (Å²) in [6.45, 7) is 1.51. The SMILES string of the molecule is CNC(=O)c1sc2nc([C@@H]3CCCCN3CC(=O)NCc3nc4ccccc4n3C)ccc2c1N. The molecule has 182 valence electrons. The van der Waals surface area contributed by atoms with E-state index in [4.69, 9.17) is 10.7 Å². The predicted molar refractivity (Wildman–Crippen MR) is 138 cm³/mol. The van der Waals surface area contributed by atoms with Crippen LogP contribution in [0.5, 0.6) is 0 Å². The topological polar surface area (TPSA) is 118 Å². The highest BCUT2D eigenvalue weighted by Gasteiger charge is 2.28. The fourth-order valence-electron chi connectivity index (χ4n) is 4.77. The van der Waals surface area contributed by atoms with Gasteiger partial charge < -0.3 is 20.9 Å². The van der Waals surface area contributed by atoms with E-state index in [1.165, 1.54) is 11.3 Å². The molecule has 4 heterocycles. The number of aryl methyl sites for hydroxylation is 1. The lowest BCUT2D eigenvalue weighted by atomic mass is 9.98. The number of pyridine rings is 1. The van der Waals surface area contributed by atoms with Crippen LogP contribution in [0, 0.1) is 0 Å². The van der Waals surface area contributed by atoms with Crippen molar-refractivity contribution < 1.29 is 9.59 Å². The minimum absolute atomic E-state index is 0.0349. The molecule has 1 aromatic carbocycles. The molecular weight excluding hydrogens is 462 g/mol. The van der Waals surface area contributed by atoms with Gasteiger partial charge >= 0.3 is 0 Å². The largest absolute Gasteiger partial charge is 0.397 e. The molecule has 4 N–H and O–H groups in total. The maximum absolute atomic E-state index is 12.9. The van der Waals surface area contributed by atoms with E-state index in [0.29, 0.717) is 23.7 Å². The summed E-state index contributed by atoms with van der Waals surface area (Å²) >= 11 is 1.30. The number of thiophene rings is 1. The number of likely N-dealkylation sites (tertiary alicyclic amines) is 1. The summed E-state index contributed by atoms with van der Waals surface area (Å²) < 4.78 is 2.01. The third-order valence-electron chi connectivity index (χ3n) is 6.67. The number of carbonyl (C=O) groups is 2. The van der Waals surface area contributed by atoms with Gasteiger partial charge in [0.25, 0.3) is 5.91 Å². The number of piperidine rings is 1. The molecule has 3 aromatic heterocycles. The Morgan fingerprint density at radius 1 is 1.17 bits per heavy atom. The van der Waals surface area contributed by atoms with Gasteiger partial charge in [-0.25, -0.2) is 9.97 Å². The van der Waals surface area contributed by atoms with Crippen molar-refractivity contribution in [2.24, 2.45) is 7.05 Å². The Labute approximate surface area is 207 Å². The van der Waals surface area contributed by atoms with E-state index in [1.807, 2.05) is 48.0 Å². The van der Waals surface area contributed by atoms with E-state index in [-0.39, 0.29) is 17.9 Å². The Bertz CT molecular complexity index is 1410. The van der Waals surface area contributed by atoms with Crippen molar-refractivity contribution in [3.63, 3.8) is 0 Å². The van der Waals surface area contributed by atoms with E-state index in [2.05, 4.69) is 20.5 Å². The first-order valence-electron chi connectivity index (χ1n) is 11.8. The summed E-state index contributed by atoms with van der Waals surface area (Å²) in [4.78, 5) is 37.9. The summed E-state index contributed by atoms with van der Waals surface area (Å²) in [5.41, 5.74) is 9.53. The van der Waals surface area contributed by atoms with Gasteiger partial charge in [-0.15, -0.1) is 11.3 Å². The lowest BCUT2D eigenvalue weighted by molar-refractivity contribution is -0.123. The number of para-hydroxylation sites is 2. The molecule has 10 heteroatoms. The van der Waals surface area contributed by atoms with Gasteiger partial charge in [-0.1, -0.05) is 18.6 Å². The van der Waals surface area contributed by atoms with Crippen LogP contribution in [0.15, 0.2) is 36.4 Å². The summed E-state index contributed by atoms with van der Waals surface area (Å²) in [5.74, 6) is 0.583. The molecule has 0 radical (unpaired) electrons. The summed E-state index contributed by atoms with van der Waals surface area (Å²) in [6.07, 6.45) is 3.06. The fourth-order valence-corrected chi connectivity index (χ4v) is 5.81. The molecule has 0 aliphatic carbocycles. The first-order valence-corrected chi connectivity index (χ1v) is 12.6. The van der Waals surface area contributed by atoms with Gasteiger partial charge in [-0.2, -0.15) is 0 Å². The fraction of sp³-hybridized carbons (Fsp3) is 0.360. The molecule has 1 fully saturated rings. The highest BCUT2D eigenvalue weighted by atomic mass is 32.1. The first-order chi connectivity index (χ1) is 17.0. The summed E-state index contributed by atoms with van der Waals surface area (Å²) in [6, 6.07) is 11.9. The van der Waals surface area contributed by atoms with Crippen molar-refractivity contribution in [2.75, 3.05) is 25.9 Å². The number of anilines is 1. The second kappa shape index (κ2) is 9.63. The molecule has 35 heavy (non-hydrogen) atoms. The van der Waals surface area contributed by atoms with Crippen molar-refractivity contribution in [1.29, 1.82) is 0 Å². The van der Waals surface area contributed by atoms with Crippen LogP contribution >= 0.6 is 11.3 Å². The molecule has 1 aliphatic heterocycles. The molecular formula is C25H29N7O2S. The van der Waals surface area contributed by atoms with E-state index in [9.17, 15) is 9.59 Å². The number of carbonyl (C=O) groups excluding carboxylic acids is 2. The highest BCUT2D eigenvalue weighted by molar-refractivity contribution is 7.21. The normalized spacial score (nSPS) is 16.6. The van der Waals surface area contributed by atoms with Crippen LogP contribution in [-0.2, 0) is 18.4 Å². The van der Waals surface area contributed by atoms with Crippen LogP contribution in [0.25, 0.3) is 21.3 Å².